The first-order valence-electron chi connectivity index (χ1n) is 9.31. The van der Waals surface area contributed by atoms with E-state index in [9.17, 15) is 9.59 Å². The van der Waals surface area contributed by atoms with Crippen LogP contribution in [-0.2, 0) is 16.1 Å². The molecule has 1 aromatic carbocycles. The summed E-state index contributed by atoms with van der Waals surface area (Å²) in [5.74, 6) is -0.133. The van der Waals surface area contributed by atoms with Gasteiger partial charge in [-0.2, -0.15) is 5.10 Å². The maximum absolute atomic E-state index is 12.4. The maximum atomic E-state index is 12.4. The van der Waals surface area contributed by atoms with Crippen molar-refractivity contribution in [2.45, 2.75) is 32.2 Å². The lowest BCUT2D eigenvalue weighted by atomic mass is 10.2. The van der Waals surface area contributed by atoms with Gasteiger partial charge in [0, 0.05) is 30.1 Å². The Balaban J connectivity index is 2.00. The average molecular weight is 435 g/mol. The number of hydrogen-bond acceptors (Lipinski definition) is 4. The summed E-state index contributed by atoms with van der Waals surface area (Å²) in [6.07, 6.45) is 5.02. The molecular formula is C21H27ClN4O2S. The van der Waals surface area contributed by atoms with Crippen LogP contribution in [0.1, 0.15) is 25.1 Å². The van der Waals surface area contributed by atoms with Crippen LogP contribution in [0.15, 0.2) is 35.2 Å². The molecule has 1 aromatic heterocycles. The Kier molecular flexibility index (Phi) is 8.34. The number of aryl methyl sites for hydroxylation is 1. The molecule has 0 aliphatic heterocycles. The number of hydrogen-bond donors (Lipinski definition) is 1. The summed E-state index contributed by atoms with van der Waals surface area (Å²) in [7, 11) is 1.59. The quantitative estimate of drug-likeness (QED) is 0.496. The average Bonchev–Trinajstić information content (AvgIpc) is 2.92. The van der Waals surface area contributed by atoms with E-state index in [1.54, 1.807) is 29.6 Å². The number of benzene rings is 1. The van der Waals surface area contributed by atoms with Crippen LogP contribution in [0.5, 0.6) is 0 Å². The van der Waals surface area contributed by atoms with E-state index in [1.165, 1.54) is 11.0 Å². The summed E-state index contributed by atoms with van der Waals surface area (Å²) in [4.78, 5) is 27.1. The zero-order chi connectivity index (χ0) is 21.6. The molecule has 0 spiro atoms. The molecule has 1 heterocycles. The Labute approximate surface area is 181 Å². The normalized spacial score (nSPS) is 11.3. The molecule has 0 aliphatic carbocycles. The third kappa shape index (κ3) is 6.37. The van der Waals surface area contributed by atoms with Gasteiger partial charge in [0.25, 0.3) is 0 Å². The fourth-order valence-corrected chi connectivity index (χ4v) is 3.60. The number of rotatable bonds is 8. The second-order valence-electron chi connectivity index (χ2n) is 7.14. The van der Waals surface area contributed by atoms with E-state index in [-0.39, 0.29) is 18.4 Å². The van der Waals surface area contributed by atoms with Crippen LogP contribution in [-0.4, -0.2) is 46.3 Å². The van der Waals surface area contributed by atoms with Crippen molar-refractivity contribution in [3.8, 4) is 0 Å². The lowest BCUT2D eigenvalue weighted by molar-refractivity contribution is -0.129. The number of thioether (sulfide) groups is 1. The second kappa shape index (κ2) is 10.5. The van der Waals surface area contributed by atoms with Crippen LogP contribution in [0.2, 0.25) is 5.15 Å². The SMILES string of the molecule is CSc1ccccc1NC(=O)CN(C)C(=O)/C=C/c1c(C)nn(CC(C)C)c1Cl. The van der Waals surface area contributed by atoms with Crippen LogP contribution in [0.4, 0.5) is 5.69 Å². The first-order chi connectivity index (χ1) is 13.7. The topological polar surface area (TPSA) is 67.2 Å². The van der Waals surface area contributed by atoms with Crippen molar-refractivity contribution in [3.05, 3.63) is 46.8 Å². The number of aromatic nitrogens is 2. The van der Waals surface area contributed by atoms with E-state index in [2.05, 4.69) is 24.3 Å². The summed E-state index contributed by atoms with van der Waals surface area (Å²) in [5.41, 5.74) is 2.21. The Bertz CT molecular complexity index is 908. The molecule has 0 radical (unpaired) electrons. The highest BCUT2D eigenvalue weighted by Gasteiger charge is 2.15. The van der Waals surface area contributed by atoms with Gasteiger partial charge in [-0.25, -0.2) is 0 Å². The van der Waals surface area contributed by atoms with E-state index in [0.29, 0.717) is 23.2 Å². The molecule has 8 heteroatoms. The van der Waals surface area contributed by atoms with Crippen molar-refractivity contribution < 1.29 is 9.59 Å². The van der Waals surface area contributed by atoms with E-state index in [1.807, 2.05) is 37.4 Å². The van der Waals surface area contributed by atoms with Gasteiger partial charge in [0.05, 0.1) is 17.9 Å². The van der Waals surface area contributed by atoms with E-state index in [4.69, 9.17) is 11.6 Å². The number of carbonyl (C=O) groups excluding carboxylic acids is 2. The molecule has 6 nitrogen and oxygen atoms in total. The predicted octanol–water partition coefficient (Wildman–Crippen LogP) is 4.33. The molecule has 1 N–H and O–H groups in total. The molecule has 0 saturated carbocycles. The monoisotopic (exact) mass is 434 g/mol. The van der Waals surface area contributed by atoms with Crippen molar-refractivity contribution in [3.63, 3.8) is 0 Å². The van der Waals surface area contributed by atoms with Crippen LogP contribution in [0.25, 0.3) is 6.08 Å². The largest absolute Gasteiger partial charge is 0.333 e. The number of carbonyl (C=O) groups is 2. The summed E-state index contributed by atoms with van der Waals surface area (Å²) in [5, 5.41) is 7.78. The highest BCUT2D eigenvalue weighted by Crippen LogP contribution is 2.24. The van der Waals surface area contributed by atoms with E-state index >= 15 is 0 Å². The standard InChI is InChI=1S/C21H27ClN4O2S/c1-14(2)12-26-21(22)16(15(3)24-26)10-11-20(28)25(4)13-19(27)23-17-8-6-7-9-18(17)29-5/h6-11,14H,12-13H2,1-5H3,(H,23,27)/b11-10+. The molecule has 2 aromatic rings. The van der Waals surface area contributed by atoms with E-state index < -0.39 is 0 Å². The minimum absolute atomic E-state index is 0.0504. The number of nitrogens with one attached hydrogen (secondary N) is 1. The van der Waals surface area contributed by atoms with Crippen molar-refractivity contribution >= 4 is 46.9 Å². The molecule has 0 saturated heterocycles. The Hall–Kier alpha value is -2.25. The Morgan fingerprint density at radius 2 is 2.03 bits per heavy atom. The van der Waals surface area contributed by atoms with Gasteiger partial charge in [0.2, 0.25) is 11.8 Å². The third-order valence-electron chi connectivity index (χ3n) is 4.18. The van der Waals surface area contributed by atoms with Crippen LogP contribution < -0.4 is 5.32 Å². The Morgan fingerprint density at radius 1 is 1.34 bits per heavy atom. The molecule has 0 fully saturated rings. The number of halogens is 1. The van der Waals surface area contributed by atoms with Gasteiger partial charge >= 0.3 is 0 Å². The first kappa shape index (κ1) is 23.0. The fraction of sp³-hybridized carbons (Fsp3) is 0.381. The van der Waals surface area contributed by atoms with Crippen LogP contribution >= 0.6 is 23.4 Å². The molecule has 2 rings (SSSR count). The summed E-state index contributed by atoms with van der Waals surface area (Å²) in [6.45, 7) is 6.69. The first-order valence-corrected chi connectivity index (χ1v) is 10.9. The molecule has 0 unspecified atom stereocenters. The van der Waals surface area contributed by atoms with Crippen LogP contribution in [0, 0.1) is 12.8 Å². The highest BCUT2D eigenvalue weighted by atomic mass is 35.5. The van der Waals surface area contributed by atoms with Gasteiger partial charge in [0.15, 0.2) is 0 Å². The lowest BCUT2D eigenvalue weighted by Gasteiger charge is -2.15. The van der Waals surface area contributed by atoms with Gasteiger partial charge in [-0.05, 0) is 37.3 Å². The molecule has 156 valence electrons. The van der Waals surface area contributed by atoms with Crippen molar-refractivity contribution in [2.24, 2.45) is 5.92 Å². The molecule has 0 aliphatic rings. The minimum atomic E-state index is -0.287. The Morgan fingerprint density at radius 3 is 2.69 bits per heavy atom. The zero-order valence-electron chi connectivity index (χ0n) is 17.4. The smallest absolute Gasteiger partial charge is 0.246 e. The summed E-state index contributed by atoms with van der Waals surface area (Å²) < 4.78 is 1.74. The van der Waals surface area contributed by atoms with Gasteiger partial charge in [0.1, 0.15) is 5.15 Å². The van der Waals surface area contributed by atoms with Gasteiger partial charge in [-0.3, -0.25) is 14.3 Å². The number of nitrogens with zero attached hydrogens (tertiary/aromatic N) is 3. The molecule has 2 amide bonds. The molecular weight excluding hydrogens is 408 g/mol. The minimum Gasteiger partial charge on any atom is -0.333 e. The fourth-order valence-electron chi connectivity index (χ4n) is 2.74. The van der Waals surface area contributed by atoms with Gasteiger partial charge in [-0.1, -0.05) is 37.6 Å². The number of anilines is 1. The number of amides is 2. The van der Waals surface area contributed by atoms with E-state index in [0.717, 1.165) is 16.3 Å². The number of para-hydroxylation sites is 1. The van der Waals surface area contributed by atoms with Crippen molar-refractivity contribution in [1.82, 2.24) is 14.7 Å². The molecule has 0 bridgehead atoms. The molecule has 29 heavy (non-hydrogen) atoms. The maximum Gasteiger partial charge on any atom is 0.246 e. The number of likely N-dealkylation sites (N-methyl/N-ethyl adjacent to an activating group) is 1. The molecule has 0 atom stereocenters. The lowest BCUT2D eigenvalue weighted by Crippen LogP contribution is -2.33. The van der Waals surface area contributed by atoms with Crippen LogP contribution in [0.3, 0.4) is 0 Å². The summed E-state index contributed by atoms with van der Waals surface area (Å²) >= 11 is 7.95. The van der Waals surface area contributed by atoms with Crippen molar-refractivity contribution in [1.29, 1.82) is 0 Å². The predicted molar refractivity (Wildman–Crippen MR) is 120 cm³/mol. The van der Waals surface area contributed by atoms with Gasteiger partial charge in [-0.15, -0.1) is 11.8 Å². The van der Waals surface area contributed by atoms with Crippen molar-refractivity contribution in [2.75, 3.05) is 25.2 Å². The van der Waals surface area contributed by atoms with Gasteiger partial charge < -0.3 is 10.2 Å². The third-order valence-corrected chi connectivity index (χ3v) is 5.37. The second-order valence-corrected chi connectivity index (χ2v) is 8.35. The highest BCUT2D eigenvalue weighted by molar-refractivity contribution is 7.98. The zero-order valence-corrected chi connectivity index (χ0v) is 19.0. The summed E-state index contributed by atoms with van der Waals surface area (Å²) in [6, 6.07) is 7.55.